The normalized spacial score (nSPS) is 20.7. The van der Waals surface area contributed by atoms with E-state index in [0.717, 1.165) is 22.0 Å². The van der Waals surface area contributed by atoms with E-state index in [0.29, 0.717) is 62.7 Å². The second-order valence-electron chi connectivity index (χ2n) is 21.9. The van der Waals surface area contributed by atoms with Gasteiger partial charge in [-0.25, -0.2) is 0 Å². The van der Waals surface area contributed by atoms with Crippen molar-refractivity contribution < 1.29 is 33.8 Å². The zero-order chi connectivity index (χ0) is 54.8. The van der Waals surface area contributed by atoms with Crippen LogP contribution in [0.2, 0.25) is 13.1 Å². The molecule has 15 heteroatoms. The number of benzene rings is 4. The van der Waals surface area contributed by atoms with Gasteiger partial charge in [0.1, 0.15) is 25.9 Å². The van der Waals surface area contributed by atoms with E-state index in [4.69, 9.17) is 4.74 Å². The molecule has 4 amide bonds. The number of aromatic hydroxyl groups is 1. The van der Waals surface area contributed by atoms with Crippen LogP contribution in [0.25, 0.3) is 16.5 Å². The van der Waals surface area contributed by atoms with Crippen molar-refractivity contribution in [1.82, 2.24) is 25.8 Å². The molecule has 2 aliphatic rings. The average molecular weight is 1050 g/mol. The van der Waals surface area contributed by atoms with Crippen LogP contribution >= 0.6 is 0 Å². The highest BCUT2D eigenvalue weighted by molar-refractivity contribution is 7.02. The van der Waals surface area contributed by atoms with Gasteiger partial charge in [-0.2, -0.15) is 0 Å². The standard InChI is InChI=1S/C61H79N7O7Si/c1-39-17-15-18-41(3)75-58(71)38-53(42-24-28-47(69)29-25-42)65-60(73)54(35-44-34-43-19-11-12-21-51(43)63-44)68(8)61(74)52(64-59(72)40(2)33-39)22-13-14-32-62-57(70)23-16-20-48-49-30-26-45(66(4)5)36-55(49)76(9,10)56-37-46(67(6)7)27-31-50(48)56/h11-12,17,19-21,24-31,34,36-37,40-41,52-54,63,69H,13-16,18,22-23,32-33,35,38H2,1-10H3,(H,62,70)(H,64,72)(H,65,73)/t40-,41-,52-,53+,54+/m0/s1. The van der Waals surface area contributed by atoms with Crippen molar-refractivity contribution in [3.63, 3.8) is 0 Å². The van der Waals surface area contributed by atoms with Crippen LogP contribution in [-0.2, 0) is 35.1 Å². The minimum Gasteiger partial charge on any atom is -0.508 e. The Balaban J connectivity index is 1.08. The summed E-state index contributed by atoms with van der Waals surface area (Å²) in [6, 6.07) is 26.6. The Bertz CT molecular complexity index is 2860. The fraction of sp³-hybridized carbons (Fsp3) is 0.426. The lowest BCUT2D eigenvalue weighted by molar-refractivity contribution is -0.149. The number of hydrogen-bond donors (Lipinski definition) is 5. The van der Waals surface area contributed by atoms with Crippen molar-refractivity contribution in [2.75, 3.05) is 51.6 Å². The lowest BCUT2D eigenvalue weighted by Gasteiger charge is -2.36. The third-order valence-electron chi connectivity index (χ3n) is 15.1. The fourth-order valence-corrected chi connectivity index (χ4v) is 13.6. The summed E-state index contributed by atoms with van der Waals surface area (Å²) in [7, 11) is 7.77. The molecular weight excluding hydrogens is 971 g/mol. The monoisotopic (exact) mass is 1050 g/mol. The van der Waals surface area contributed by atoms with E-state index in [2.05, 4.69) is 121 Å². The Kier molecular flexibility index (Phi) is 18.7. The SMILES string of the molecule is CC1=CCC[C@H](C)OC(=O)C[C@H](c2ccc(O)cc2)NC(=O)[C@@H](Cc2cc3ccccc3[nH]2)N(C)C(=O)[C@H](CCCCNC(=O)CCC=C2c3ccc(N(C)C)cc3[Si](C)(C)c3cc(N(C)C)ccc32)NC(=O)[C@@H](C)C1. The molecule has 2 aliphatic heterocycles. The number of fused-ring (bicyclic) bond motifs is 3. The number of phenolic OH excluding ortho intramolecular Hbond substituents is 1. The number of nitrogens with one attached hydrogen (secondary N) is 4. The molecule has 404 valence electrons. The van der Waals surface area contributed by atoms with Gasteiger partial charge >= 0.3 is 5.97 Å². The third-order valence-corrected chi connectivity index (χ3v) is 18.6. The predicted molar refractivity (Wildman–Crippen MR) is 308 cm³/mol. The number of H-pyrrole nitrogens is 1. The maximum atomic E-state index is 14.9. The summed E-state index contributed by atoms with van der Waals surface area (Å²) in [6.07, 6.45) is 7.61. The lowest BCUT2D eigenvalue weighted by atomic mass is 9.94. The maximum absolute atomic E-state index is 14.9. The Morgan fingerprint density at radius 3 is 2.14 bits per heavy atom. The number of amides is 4. The molecule has 0 spiro atoms. The van der Waals surface area contributed by atoms with Crippen LogP contribution in [0.4, 0.5) is 11.4 Å². The third kappa shape index (κ3) is 14.0. The van der Waals surface area contributed by atoms with Crippen LogP contribution in [0, 0.1) is 5.92 Å². The molecule has 0 unspecified atom stereocenters. The molecule has 3 heterocycles. The second kappa shape index (κ2) is 25.1. The number of nitrogens with zero attached hydrogens (tertiary/aromatic N) is 3. The molecule has 0 saturated carbocycles. The van der Waals surface area contributed by atoms with Crippen LogP contribution in [0.1, 0.15) is 107 Å². The van der Waals surface area contributed by atoms with Gasteiger partial charge < -0.3 is 45.5 Å². The maximum Gasteiger partial charge on any atom is 0.308 e. The highest BCUT2D eigenvalue weighted by Gasteiger charge is 2.38. The molecule has 5 aromatic rings. The summed E-state index contributed by atoms with van der Waals surface area (Å²) in [5.41, 5.74) is 9.12. The van der Waals surface area contributed by atoms with Crippen molar-refractivity contribution in [2.45, 2.75) is 122 Å². The number of carbonyl (C=O) groups excluding carboxylic acids is 5. The van der Waals surface area contributed by atoms with Crippen molar-refractivity contribution in [3.8, 4) is 5.75 Å². The first kappa shape index (κ1) is 56.6. The van der Waals surface area contributed by atoms with Crippen molar-refractivity contribution in [3.05, 3.63) is 131 Å². The molecule has 7 rings (SSSR count). The zero-order valence-electron chi connectivity index (χ0n) is 46.2. The highest BCUT2D eigenvalue weighted by Crippen LogP contribution is 2.34. The number of para-hydroxylation sites is 1. The van der Waals surface area contributed by atoms with Gasteiger partial charge in [-0.05, 0) is 145 Å². The van der Waals surface area contributed by atoms with Gasteiger partial charge in [0.2, 0.25) is 23.6 Å². The van der Waals surface area contributed by atoms with E-state index >= 15 is 0 Å². The average Bonchev–Trinajstić information content (AvgIpc) is 3.85. The summed E-state index contributed by atoms with van der Waals surface area (Å²) < 4.78 is 5.83. The van der Waals surface area contributed by atoms with Crippen LogP contribution in [0.5, 0.6) is 5.75 Å². The molecule has 76 heavy (non-hydrogen) atoms. The van der Waals surface area contributed by atoms with Gasteiger partial charge in [0.15, 0.2) is 0 Å². The molecule has 14 nitrogen and oxygen atoms in total. The van der Waals surface area contributed by atoms with Gasteiger partial charge in [0.05, 0.1) is 18.6 Å². The second-order valence-corrected chi connectivity index (χ2v) is 26.2. The van der Waals surface area contributed by atoms with E-state index in [1.807, 2.05) is 51.1 Å². The van der Waals surface area contributed by atoms with Gasteiger partial charge in [-0.1, -0.05) is 80.2 Å². The first-order valence-electron chi connectivity index (χ1n) is 26.9. The van der Waals surface area contributed by atoms with E-state index in [-0.39, 0.29) is 36.8 Å². The lowest BCUT2D eigenvalue weighted by Crippen LogP contribution is -2.58. The molecule has 0 saturated heterocycles. The Morgan fingerprint density at radius 2 is 1.50 bits per heavy atom. The van der Waals surface area contributed by atoms with Crippen LogP contribution in [-0.4, -0.2) is 113 Å². The number of phenols is 1. The molecule has 4 aromatic carbocycles. The minimum atomic E-state index is -2.08. The van der Waals surface area contributed by atoms with Crippen LogP contribution in [0.3, 0.4) is 0 Å². The summed E-state index contributed by atoms with van der Waals surface area (Å²) in [5.74, 6) is -2.24. The Labute approximate surface area is 450 Å². The molecular formula is C61H79N7O7Si. The first-order valence-corrected chi connectivity index (χ1v) is 29.9. The quantitative estimate of drug-likeness (QED) is 0.0337. The van der Waals surface area contributed by atoms with Crippen molar-refractivity contribution in [1.29, 1.82) is 0 Å². The summed E-state index contributed by atoms with van der Waals surface area (Å²) >= 11 is 0. The topological polar surface area (TPSA) is 176 Å². The minimum absolute atomic E-state index is 0.0299. The Hall–Kier alpha value is -7.13. The number of allylic oxidation sites excluding steroid dienone is 3. The number of aromatic nitrogens is 1. The molecule has 0 radical (unpaired) electrons. The molecule has 0 aliphatic carbocycles. The van der Waals surface area contributed by atoms with Crippen LogP contribution < -0.4 is 36.1 Å². The number of hydrogen-bond acceptors (Lipinski definition) is 9. The summed E-state index contributed by atoms with van der Waals surface area (Å²) in [5, 5.41) is 23.1. The number of unbranched alkanes of at least 4 members (excludes halogenated alkanes) is 1. The van der Waals surface area contributed by atoms with Gasteiger partial charge in [-0.3, -0.25) is 24.0 Å². The number of aromatic amines is 1. The van der Waals surface area contributed by atoms with Crippen LogP contribution in [0.15, 0.2) is 109 Å². The molecule has 5 N–H and O–H groups in total. The highest BCUT2D eigenvalue weighted by atomic mass is 28.3. The van der Waals surface area contributed by atoms with Crippen molar-refractivity contribution in [2.24, 2.45) is 5.92 Å². The number of ether oxygens (including phenoxy) is 1. The number of esters is 1. The zero-order valence-corrected chi connectivity index (χ0v) is 47.2. The summed E-state index contributed by atoms with van der Waals surface area (Å²) in [4.78, 5) is 79.8. The van der Waals surface area contributed by atoms with Gasteiger partial charge in [0, 0.05) is 83.1 Å². The number of carbonyl (C=O) groups is 5. The van der Waals surface area contributed by atoms with E-state index in [1.165, 1.54) is 49.9 Å². The predicted octanol–water partition coefficient (Wildman–Crippen LogP) is 8.14. The molecule has 0 bridgehead atoms. The van der Waals surface area contributed by atoms with E-state index < -0.39 is 56.0 Å². The van der Waals surface area contributed by atoms with Gasteiger partial charge in [0.25, 0.3) is 0 Å². The molecule has 1 aromatic heterocycles. The number of cyclic esters (lactones) is 1. The van der Waals surface area contributed by atoms with Crippen molar-refractivity contribution >= 4 is 75.9 Å². The largest absolute Gasteiger partial charge is 0.508 e. The van der Waals surface area contributed by atoms with E-state index in [1.54, 1.807) is 19.2 Å². The molecule has 0 fully saturated rings. The van der Waals surface area contributed by atoms with Gasteiger partial charge in [-0.15, -0.1) is 0 Å². The number of rotatable bonds is 13. The molecule has 5 atom stereocenters. The number of likely N-dealkylation sites (N-methyl/N-ethyl adjacent to an activating group) is 1. The summed E-state index contributed by atoms with van der Waals surface area (Å²) in [6.45, 7) is 10.9. The fourth-order valence-electron chi connectivity index (χ4n) is 10.5. The first-order chi connectivity index (χ1) is 36.2. The Morgan fingerprint density at radius 1 is 0.842 bits per heavy atom. The number of anilines is 2. The smallest absolute Gasteiger partial charge is 0.308 e. The van der Waals surface area contributed by atoms with E-state index in [9.17, 15) is 29.1 Å².